The van der Waals surface area contributed by atoms with Gasteiger partial charge in [0.2, 0.25) is 0 Å². The zero-order valence-electron chi connectivity index (χ0n) is 13.3. The SMILES string of the molecule is CCC(CNc1ccnc2cc(Cl)ccc12)Oc1ccccc1F. The highest BCUT2D eigenvalue weighted by Gasteiger charge is 2.12. The Morgan fingerprint density at radius 1 is 1.21 bits per heavy atom. The molecule has 24 heavy (non-hydrogen) atoms. The van der Waals surface area contributed by atoms with E-state index in [1.54, 1.807) is 24.4 Å². The van der Waals surface area contributed by atoms with Gasteiger partial charge < -0.3 is 10.1 Å². The third kappa shape index (κ3) is 3.77. The Labute approximate surface area is 145 Å². The summed E-state index contributed by atoms with van der Waals surface area (Å²) in [5, 5.41) is 5.01. The van der Waals surface area contributed by atoms with Crippen molar-refractivity contribution in [2.24, 2.45) is 0 Å². The number of hydrogen-bond donors (Lipinski definition) is 1. The Morgan fingerprint density at radius 2 is 2.04 bits per heavy atom. The van der Waals surface area contributed by atoms with E-state index in [4.69, 9.17) is 16.3 Å². The first kappa shape index (κ1) is 16.5. The van der Waals surface area contributed by atoms with Crippen molar-refractivity contribution in [3.05, 3.63) is 65.6 Å². The molecule has 0 bridgehead atoms. The fraction of sp³-hybridized carbons (Fsp3) is 0.211. The minimum absolute atomic E-state index is 0.141. The highest BCUT2D eigenvalue weighted by atomic mass is 35.5. The molecule has 5 heteroatoms. The minimum atomic E-state index is -0.347. The molecule has 1 unspecified atom stereocenters. The van der Waals surface area contributed by atoms with Gasteiger partial charge in [-0.2, -0.15) is 0 Å². The van der Waals surface area contributed by atoms with Crippen LogP contribution in [0.2, 0.25) is 5.02 Å². The molecule has 0 saturated heterocycles. The van der Waals surface area contributed by atoms with Gasteiger partial charge in [0.1, 0.15) is 6.10 Å². The quantitative estimate of drug-likeness (QED) is 0.659. The van der Waals surface area contributed by atoms with E-state index in [2.05, 4.69) is 10.3 Å². The number of halogens is 2. The summed E-state index contributed by atoms with van der Waals surface area (Å²) in [5.74, 6) is -0.0718. The van der Waals surface area contributed by atoms with Crippen molar-refractivity contribution in [1.82, 2.24) is 4.98 Å². The Kier molecular flexibility index (Phi) is 5.16. The van der Waals surface area contributed by atoms with Crippen LogP contribution >= 0.6 is 11.6 Å². The number of nitrogens with zero attached hydrogens (tertiary/aromatic N) is 1. The lowest BCUT2D eigenvalue weighted by Gasteiger charge is -2.19. The number of hydrogen-bond acceptors (Lipinski definition) is 3. The van der Waals surface area contributed by atoms with Crippen LogP contribution in [0.1, 0.15) is 13.3 Å². The molecule has 0 fully saturated rings. The second-order valence-corrected chi connectivity index (χ2v) is 5.92. The third-order valence-corrected chi connectivity index (χ3v) is 4.05. The molecule has 0 aliphatic carbocycles. The lowest BCUT2D eigenvalue weighted by Crippen LogP contribution is -2.25. The van der Waals surface area contributed by atoms with E-state index >= 15 is 0 Å². The molecular formula is C19H18ClFN2O. The van der Waals surface area contributed by atoms with Crippen molar-refractivity contribution in [1.29, 1.82) is 0 Å². The van der Waals surface area contributed by atoms with Crippen molar-refractivity contribution < 1.29 is 9.13 Å². The van der Waals surface area contributed by atoms with E-state index in [0.29, 0.717) is 11.6 Å². The van der Waals surface area contributed by atoms with Gasteiger partial charge in [-0.05, 0) is 42.8 Å². The zero-order chi connectivity index (χ0) is 16.9. The van der Waals surface area contributed by atoms with Crippen LogP contribution in [-0.4, -0.2) is 17.6 Å². The number of rotatable bonds is 6. The number of fused-ring (bicyclic) bond motifs is 1. The number of ether oxygens (including phenoxy) is 1. The number of benzene rings is 2. The van der Waals surface area contributed by atoms with Gasteiger partial charge in [-0.1, -0.05) is 30.7 Å². The molecular weight excluding hydrogens is 327 g/mol. The number of pyridine rings is 1. The van der Waals surface area contributed by atoms with Gasteiger partial charge in [0.15, 0.2) is 11.6 Å². The second kappa shape index (κ2) is 7.49. The van der Waals surface area contributed by atoms with E-state index < -0.39 is 0 Å². The predicted octanol–water partition coefficient (Wildman–Crippen LogP) is 5.30. The summed E-state index contributed by atoms with van der Waals surface area (Å²) >= 11 is 6.01. The first-order chi connectivity index (χ1) is 11.7. The average molecular weight is 345 g/mol. The predicted molar refractivity (Wildman–Crippen MR) is 96.3 cm³/mol. The van der Waals surface area contributed by atoms with Crippen molar-refractivity contribution in [2.75, 3.05) is 11.9 Å². The summed E-state index contributed by atoms with van der Waals surface area (Å²) in [4.78, 5) is 4.32. The molecule has 124 valence electrons. The van der Waals surface area contributed by atoms with Gasteiger partial charge in [-0.15, -0.1) is 0 Å². The number of para-hydroxylation sites is 1. The molecule has 0 aliphatic rings. The van der Waals surface area contributed by atoms with Crippen LogP contribution in [0.4, 0.5) is 10.1 Å². The third-order valence-electron chi connectivity index (χ3n) is 3.81. The topological polar surface area (TPSA) is 34.2 Å². The molecule has 2 aromatic carbocycles. The van der Waals surface area contributed by atoms with E-state index in [1.807, 2.05) is 31.2 Å². The van der Waals surface area contributed by atoms with Gasteiger partial charge in [-0.25, -0.2) is 4.39 Å². The maximum absolute atomic E-state index is 13.7. The zero-order valence-corrected chi connectivity index (χ0v) is 14.1. The molecule has 1 N–H and O–H groups in total. The highest BCUT2D eigenvalue weighted by molar-refractivity contribution is 6.31. The van der Waals surface area contributed by atoms with Crippen molar-refractivity contribution in [3.63, 3.8) is 0 Å². The maximum atomic E-state index is 13.7. The van der Waals surface area contributed by atoms with Crippen molar-refractivity contribution in [3.8, 4) is 5.75 Å². The average Bonchev–Trinajstić information content (AvgIpc) is 2.59. The molecule has 1 atom stereocenters. The normalized spacial score (nSPS) is 12.1. The monoisotopic (exact) mass is 344 g/mol. The van der Waals surface area contributed by atoms with Crippen LogP contribution in [0.5, 0.6) is 5.75 Å². The molecule has 0 radical (unpaired) electrons. The van der Waals surface area contributed by atoms with Crippen LogP contribution in [0.3, 0.4) is 0 Å². The summed E-state index contributed by atoms with van der Waals surface area (Å²) in [5.41, 5.74) is 1.78. The van der Waals surface area contributed by atoms with E-state index in [1.165, 1.54) is 6.07 Å². The standard InChI is InChI=1S/C19H18ClFN2O/c1-2-14(24-19-6-4-3-5-16(19)21)12-23-17-9-10-22-18-11-13(20)7-8-15(17)18/h3-11,14H,2,12H2,1H3,(H,22,23). The lowest BCUT2D eigenvalue weighted by molar-refractivity contribution is 0.201. The van der Waals surface area contributed by atoms with E-state index in [9.17, 15) is 4.39 Å². The molecule has 0 amide bonds. The second-order valence-electron chi connectivity index (χ2n) is 5.48. The summed E-state index contributed by atoms with van der Waals surface area (Å²) in [6, 6.07) is 14.0. The van der Waals surface area contributed by atoms with Gasteiger partial charge >= 0.3 is 0 Å². The Bertz CT molecular complexity index is 840. The lowest BCUT2D eigenvalue weighted by atomic mass is 10.2. The molecule has 3 rings (SSSR count). The molecule has 0 spiro atoms. The molecule has 1 aromatic heterocycles. The molecule has 3 aromatic rings. The summed E-state index contributed by atoms with van der Waals surface area (Å²) in [7, 11) is 0. The molecule has 0 aliphatic heterocycles. The van der Waals surface area contributed by atoms with Gasteiger partial charge in [0.25, 0.3) is 0 Å². The van der Waals surface area contributed by atoms with Gasteiger partial charge in [0, 0.05) is 22.3 Å². The van der Waals surface area contributed by atoms with Crippen molar-refractivity contribution >= 4 is 28.2 Å². The van der Waals surface area contributed by atoms with Crippen molar-refractivity contribution in [2.45, 2.75) is 19.4 Å². The van der Waals surface area contributed by atoms with Crippen LogP contribution in [0, 0.1) is 5.82 Å². The number of nitrogens with one attached hydrogen (secondary N) is 1. The fourth-order valence-corrected chi connectivity index (χ4v) is 2.65. The Balaban J connectivity index is 1.73. The van der Waals surface area contributed by atoms with Crippen LogP contribution in [0.15, 0.2) is 54.7 Å². The van der Waals surface area contributed by atoms with Gasteiger partial charge in [0.05, 0.1) is 12.1 Å². The first-order valence-corrected chi connectivity index (χ1v) is 8.24. The van der Waals surface area contributed by atoms with E-state index in [0.717, 1.165) is 23.0 Å². The number of aromatic nitrogens is 1. The van der Waals surface area contributed by atoms with Gasteiger partial charge in [-0.3, -0.25) is 4.98 Å². The maximum Gasteiger partial charge on any atom is 0.165 e. The summed E-state index contributed by atoms with van der Waals surface area (Å²) < 4.78 is 19.5. The fourth-order valence-electron chi connectivity index (χ4n) is 2.49. The summed E-state index contributed by atoms with van der Waals surface area (Å²) in [6.07, 6.45) is 2.35. The molecule has 1 heterocycles. The largest absolute Gasteiger partial charge is 0.486 e. The first-order valence-electron chi connectivity index (χ1n) is 7.86. The smallest absolute Gasteiger partial charge is 0.165 e. The summed E-state index contributed by atoms with van der Waals surface area (Å²) in [6.45, 7) is 2.57. The van der Waals surface area contributed by atoms with Crippen LogP contribution < -0.4 is 10.1 Å². The highest BCUT2D eigenvalue weighted by Crippen LogP contribution is 2.25. The number of anilines is 1. The van der Waals surface area contributed by atoms with E-state index in [-0.39, 0.29) is 17.7 Å². The van der Waals surface area contributed by atoms with Crippen LogP contribution in [0.25, 0.3) is 10.9 Å². The van der Waals surface area contributed by atoms with Crippen LogP contribution in [-0.2, 0) is 0 Å². The minimum Gasteiger partial charge on any atom is -0.486 e. The molecule has 0 saturated carbocycles. The Hall–Kier alpha value is -2.33. The molecule has 3 nitrogen and oxygen atoms in total. The Morgan fingerprint density at radius 3 is 2.83 bits per heavy atom.